The lowest BCUT2D eigenvalue weighted by Crippen LogP contribution is -2.52. The Kier molecular flexibility index (Phi) is 4.89. The average Bonchev–Trinajstić information content (AvgIpc) is 3.20. The number of carbonyl (C=O) groups is 2. The predicted molar refractivity (Wildman–Crippen MR) is 98.5 cm³/mol. The molecule has 0 spiro atoms. The number of nitrogens with zero attached hydrogens (tertiary/aromatic N) is 1. The fraction of sp³-hybridized carbons (Fsp3) is 0.526. The fourth-order valence-electron chi connectivity index (χ4n) is 3.84. The van der Waals surface area contributed by atoms with Gasteiger partial charge in [-0.25, -0.2) is 9.59 Å². The van der Waals surface area contributed by atoms with Crippen molar-refractivity contribution in [2.45, 2.75) is 64.0 Å². The van der Waals surface area contributed by atoms with E-state index in [-0.39, 0.29) is 11.7 Å². The lowest BCUT2D eigenvalue weighted by Gasteiger charge is -2.25. The Hall–Kier alpha value is -2.57. The van der Waals surface area contributed by atoms with Crippen LogP contribution in [0.15, 0.2) is 23.0 Å². The number of carbonyl (C=O) groups excluding carboxylic acids is 1. The molecule has 1 amide bonds. The van der Waals surface area contributed by atoms with Gasteiger partial charge < -0.3 is 15.4 Å². The van der Waals surface area contributed by atoms with Gasteiger partial charge in [0.25, 0.3) is 5.91 Å². The molecule has 1 saturated carbocycles. The Bertz CT molecular complexity index is 892. The summed E-state index contributed by atoms with van der Waals surface area (Å²) in [5.41, 5.74) is 0.242. The molecular weight excluding hydrogens is 334 g/mol. The van der Waals surface area contributed by atoms with E-state index in [2.05, 4.69) is 10.3 Å². The van der Waals surface area contributed by atoms with Gasteiger partial charge in [0.15, 0.2) is 0 Å². The molecule has 1 heterocycles. The molecule has 1 atom stereocenters. The van der Waals surface area contributed by atoms with Gasteiger partial charge in [0, 0.05) is 11.6 Å². The number of aromatic nitrogens is 2. The van der Waals surface area contributed by atoms with Crippen LogP contribution in [0.1, 0.15) is 68.8 Å². The van der Waals surface area contributed by atoms with Gasteiger partial charge in [-0.3, -0.25) is 9.36 Å². The molecule has 26 heavy (non-hydrogen) atoms. The van der Waals surface area contributed by atoms with Crippen molar-refractivity contribution in [3.05, 3.63) is 34.2 Å². The molecule has 2 aromatic rings. The summed E-state index contributed by atoms with van der Waals surface area (Å²) in [6.45, 7) is 3.38. The first kappa shape index (κ1) is 18.2. The number of benzene rings is 1. The highest BCUT2D eigenvalue weighted by Gasteiger charge is 2.34. The molecule has 1 aromatic heterocycles. The molecule has 3 rings (SSSR count). The number of H-pyrrole nitrogens is 1. The summed E-state index contributed by atoms with van der Waals surface area (Å²) in [7, 11) is 0. The Morgan fingerprint density at radius 3 is 2.65 bits per heavy atom. The Labute approximate surface area is 151 Å². The minimum atomic E-state index is -1.32. The van der Waals surface area contributed by atoms with Gasteiger partial charge in [0.05, 0.1) is 11.0 Å². The molecule has 7 nitrogen and oxygen atoms in total. The van der Waals surface area contributed by atoms with Gasteiger partial charge in [0.2, 0.25) is 0 Å². The minimum Gasteiger partial charge on any atom is -0.480 e. The Morgan fingerprint density at radius 1 is 1.35 bits per heavy atom. The van der Waals surface area contributed by atoms with E-state index >= 15 is 0 Å². The van der Waals surface area contributed by atoms with Crippen LogP contribution in [0.2, 0.25) is 0 Å². The number of aromatic amines is 1. The molecular formula is C19H25N3O4. The van der Waals surface area contributed by atoms with E-state index in [0.29, 0.717) is 23.9 Å². The van der Waals surface area contributed by atoms with Gasteiger partial charge in [-0.2, -0.15) is 0 Å². The van der Waals surface area contributed by atoms with Gasteiger partial charge >= 0.3 is 11.7 Å². The van der Waals surface area contributed by atoms with Crippen molar-refractivity contribution in [3.63, 3.8) is 0 Å². The first-order chi connectivity index (χ1) is 12.4. The third-order valence-electron chi connectivity index (χ3n) is 5.28. The zero-order valence-electron chi connectivity index (χ0n) is 15.2. The number of rotatable bonds is 6. The highest BCUT2D eigenvalue weighted by Crippen LogP contribution is 2.30. The van der Waals surface area contributed by atoms with Crippen LogP contribution < -0.4 is 11.0 Å². The molecule has 1 unspecified atom stereocenters. The highest BCUT2D eigenvalue weighted by atomic mass is 16.4. The fourth-order valence-corrected chi connectivity index (χ4v) is 3.84. The first-order valence-corrected chi connectivity index (χ1v) is 9.16. The van der Waals surface area contributed by atoms with E-state index in [9.17, 15) is 19.5 Å². The third-order valence-corrected chi connectivity index (χ3v) is 5.28. The number of hydrogen-bond acceptors (Lipinski definition) is 3. The topological polar surface area (TPSA) is 104 Å². The number of fused-ring (bicyclic) bond motifs is 1. The van der Waals surface area contributed by atoms with E-state index in [4.69, 9.17) is 0 Å². The third kappa shape index (κ3) is 3.25. The molecule has 0 bridgehead atoms. The summed E-state index contributed by atoms with van der Waals surface area (Å²) in [6.07, 6.45) is 5.20. The summed E-state index contributed by atoms with van der Waals surface area (Å²) < 4.78 is 1.78. The van der Waals surface area contributed by atoms with Crippen molar-refractivity contribution in [2.24, 2.45) is 0 Å². The standard InChI is InChI=1S/C19H25N3O4/c1-3-10-19(2,17(24)25)21-16(23)12-8-9-15-14(11-12)20-18(26)22(15)13-6-4-5-7-13/h8-9,11,13H,3-7,10H2,1-2H3,(H,20,26)(H,21,23)(H,24,25). The zero-order chi connectivity index (χ0) is 18.9. The summed E-state index contributed by atoms with van der Waals surface area (Å²) in [5.74, 6) is -1.52. The van der Waals surface area contributed by atoms with Crippen molar-refractivity contribution in [1.82, 2.24) is 14.9 Å². The van der Waals surface area contributed by atoms with Crippen molar-refractivity contribution in [1.29, 1.82) is 0 Å². The summed E-state index contributed by atoms with van der Waals surface area (Å²) in [4.78, 5) is 39.2. The molecule has 1 fully saturated rings. The quantitative estimate of drug-likeness (QED) is 0.737. The predicted octanol–water partition coefficient (Wildman–Crippen LogP) is 2.82. The molecule has 0 aliphatic heterocycles. The van der Waals surface area contributed by atoms with Gasteiger partial charge in [-0.1, -0.05) is 26.2 Å². The SMILES string of the molecule is CCCC(C)(NC(=O)c1ccc2c(c1)[nH]c(=O)n2C1CCCC1)C(=O)O. The highest BCUT2D eigenvalue weighted by molar-refractivity contribution is 6.00. The molecule has 0 saturated heterocycles. The maximum atomic E-state index is 12.6. The van der Waals surface area contributed by atoms with Crippen LogP contribution in [0.25, 0.3) is 11.0 Å². The zero-order valence-corrected chi connectivity index (χ0v) is 15.2. The minimum absolute atomic E-state index is 0.161. The van der Waals surface area contributed by atoms with Gasteiger partial charge in [-0.05, 0) is 44.4 Å². The molecule has 1 aromatic carbocycles. The van der Waals surface area contributed by atoms with E-state index in [0.717, 1.165) is 31.2 Å². The van der Waals surface area contributed by atoms with Crippen LogP contribution in [0.4, 0.5) is 0 Å². The van der Waals surface area contributed by atoms with Crippen molar-refractivity contribution in [2.75, 3.05) is 0 Å². The van der Waals surface area contributed by atoms with Crippen LogP contribution in [0.3, 0.4) is 0 Å². The molecule has 7 heteroatoms. The second-order valence-electron chi connectivity index (χ2n) is 7.31. The lowest BCUT2D eigenvalue weighted by atomic mass is 9.95. The smallest absolute Gasteiger partial charge is 0.329 e. The number of carboxylic acid groups (broad SMARTS) is 1. The maximum absolute atomic E-state index is 12.6. The Morgan fingerprint density at radius 2 is 2.04 bits per heavy atom. The van der Waals surface area contributed by atoms with Crippen LogP contribution >= 0.6 is 0 Å². The van der Waals surface area contributed by atoms with Crippen LogP contribution in [-0.2, 0) is 4.79 Å². The molecule has 140 valence electrons. The lowest BCUT2D eigenvalue weighted by molar-refractivity contribution is -0.144. The second-order valence-corrected chi connectivity index (χ2v) is 7.31. The maximum Gasteiger partial charge on any atom is 0.329 e. The summed E-state index contributed by atoms with van der Waals surface area (Å²) in [5, 5.41) is 12.0. The van der Waals surface area contributed by atoms with E-state index in [1.807, 2.05) is 6.92 Å². The van der Waals surface area contributed by atoms with Crippen molar-refractivity contribution in [3.8, 4) is 0 Å². The second kappa shape index (κ2) is 6.97. The van der Waals surface area contributed by atoms with Crippen molar-refractivity contribution >= 4 is 22.9 Å². The Balaban J connectivity index is 1.90. The molecule has 1 aliphatic rings. The monoisotopic (exact) mass is 359 g/mol. The largest absolute Gasteiger partial charge is 0.480 e. The van der Waals surface area contributed by atoms with E-state index < -0.39 is 17.4 Å². The first-order valence-electron chi connectivity index (χ1n) is 9.16. The summed E-state index contributed by atoms with van der Waals surface area (Å²) >= 11 is 0. The number of aliphatic carboxylic acids is 1. The molecule has 0 radical (unpaired) electrons. The number of amides is 1. The van der Waals surface area contributed by atoms with E-state index in [1.165, 1.54) is 6.92 Å². The number of imidazole rings is 1. The number of hydrogen-bond donors (Lipinski definition) is 3. The van der Waals surface area contributed by atoms with Gasteiger partial charge in [-0.15, -0.1) is 0 Å². The average molecular weight is 359 g/mol. The molecule has 1 aliphatic carbocycles. The number of carboxylic acids is 1. The van der Waals surface area contributed by atoms with E-state index in [1.54, 1.807) is 22.8 Å². The van der Waals surface area contributed by atoms with Crippen molar-refractivity contribution < 1.29 is 14.7 Å². The summed E-state index contributed by atoms with van der Waals surface area (Å²) in [6, 6.07) is 5.23. The molecule has 3 N–H and O–H groups in total. The van der Waals surface area contributed by atoms with Crippen LogP contribution in [-0.4, -0.2) is 32.1 Å². The van der Waals surface area contributed by atoms with Crippen LogP contribution in [0.5, 0.6) is 0 Å². The van der Waals surface area contributed by atoms with Crippen LogP contribution in [0, 0.1) is 0 Å². The number of nitrogens with one attached hydrogen (secondary N) is 2. The normalized spacial score (nSPS) is 17.3. The van der Waals surface area contributed by atoms with Gasteiger partial charge in [0.1, 0.15) is 5.54 Å².